The normalized spacial score (nSPS) is 10.8. The van der Waals surface area contributed by atoms with E-state index in [4.69, 9.17) is 4.42 Å². The van der Waals surface area contributed by atoms with E-state index in [2.05, 4.69) is 42.2 Å². The van der Waals surface area contributed by atoms with Gasteiger partial charge in [-0.05, 0) is 64.5 Å². The van der Waals surface area contributed by atoms with Crippen molar-refractivity contribution in [3.8, 4) is 11.5 Å². The average Bonchev–Trinajstić information content (AvgIpc) is 3.05. The number of nitrogens with one attached hydrogen (secondary N) is 1. The fraction of sp³-hybridized carbons (Fsp3) is 0. The van der Waals surface area contributed by atoms with Gasteiger partial charge in [-0.15, -0.1) is 0 Å². The molecule has 3 aromatic carbocycles. The van der Waals surface area contributed by atoms with Crippen molar-refractivity contribution < 1.29 is 9.21 Å². The minimum absolute atomic E-state index is 0.187. The molecule has 0 aliphatic carbocycles. The monoisotopic (exact) mass is 470 g/mol. The molecule has 1 amide bonds. The maximum Gasteiger partial charge on any atom is 0.256 e. The van der Waals surface area contributed by atoms with Gasteiger partial charge in [-0.1, -0.05) is 34.1 Å². The number of halogens is 2. The highest BCUT2D eigenvalue weighted by atomic mass is 79.9. The van der Waals surface area contributed by atoms with Crippen LogP contribution in [0.1, 0.15) is 10.4 Å². The van der Waals surface area contributed by atoms with Gasteiger partial charge in [-0.2, -0.15) is 0 Å². The van der Waals surface area contributed by atoms with Crippen LogP contribution in [0, 0.1) is 0 Å². The number of nitrogens with zero attached hydrogens (tertiary/aromatic N) is 1. The molecule has 0 aliphatic heterocycles. The van der Waals surface area contributed by atoms with E-state index in [1.54, 1.807) is 24.3 Å². The Morgan fingerprint density at radius 2 is 1.81 bits per heavy atom. The summed E-state index contributed by atoms with van der Waals surface area (Å²) in [7, 11) is 0. The molecule has 0 spiro atoms. The Bertz CT molecular complexity index is 1120. The Hall–Kier alpha value is -2.44. The zero-order valence-corrected chi connectivity index (χ0v) is 16.5. The highest BCUT2D eigenvalue weighted by Crippen LogP contribution is 2.28. The van der Waals surface area contributed by atoms with Crippen LogP contribution in [-0.2, 0) is 0 Å². The van der Waals surface area contributed by atoms with E-state index < -0.39 is 0 Å². The van der Waals surface area contributed by atoms with Crippen LogP contribution in [0.2, 0.25) is 0 Å². The molecular formula is C20H12Br2N2O2. The van der Waals surface area contributed by atoms with Crippen molar-refractivity contribution in [2.45, 2.75) is 0 Å². The molecule has 0 aliphatic rings. The quantitative estimate of drug-likeness (QED) is 0.383. The Kier molecular flexibility index (Phi) is 4.61. The maximum atomic E-state index is 12.4. The highest BCUT2D eigenvalue weighted by molar-refractivity contribution is 9.10. The molecule has 1 aromatic heterocycles. The molecule has 0 bridgehead atoms. The van der Waals surface area contributed by atoms with Gasteiger partial charge in [0.2, 0.25) is 5.89 Å². The zero-order valence-electron chi connectivity index (χ0n) is 13.4. The van der Waals surface area contributed by atoms with Crippen molar-refractivity contribution in [3.63, 3.8) is 0 Å². The van der Waals surface area contributed by atoms with Gasteiger partial charge >= 0.3 is 0 Å². The van der Waals surface area contributed by atoms with Gasteiger partial charge in [0.1, 0.15) is 5.52 Å². The second kappa shape index (κ2) is 7.05. The van der Waals surface area contributed by atoms with Crippen molar-refractivity contribution >= 4 is 54.6 Å². The number of hydrogen-bond acceptors (Lipinski definition) is 3. The minimum Gasteiger partial charge on any atom is -0.436 e. The van der Waals surface area contributed by atoms with E-state index in [9.17, 15) is 4.79 Å². The smallest absolute Gasteiger partial charge is 0.256 e. The van der Waals surface area contributed by atoms with Crippen molar-refractivity contribution in [3.05, 3.63) is 81.2 Å². The lowest BCUT2D eigenvalue weighted by Crippen LogP contribution is -2.12. The van der Waals surface area contributed by atoms with Crippen LogP contribution in [0.5, 0.6) is 0 Å². The zero-order chi connectivity index (χ0) is 18.1. The number of anilines is 1. The number of carbonyl (C=O) groups is 1. The second-order valence-electron chi connectivity index (χ2n) is 5.65. The fourth-order valence-corrected chi connectivity index (χ4v) is 3.46. The van der Waals surface area contributed by atoms with Gasteiger partial charge in [0.25, 0.3) is 5.91 Å². The van der Waals surface area contributed by atoms with E-state index in [1.807, 2.05) is 42.5 Å². The van der Waals surface area contributed by atoms with Gasteiger partial charge in [0, 0.05) is 20.2 Å². The predicted molar refractivity (Wildman–Crippen MR) is 109 cm³/mol. The van der Waals surface area contributed by atoms with Gasteiger partial charge in [-0.25, -0.2) is 4.98 Å². The maximum absolute atomic E-state index is 12.4. The molecule has 128 valence electrons. The number of fused-ring (bicyclic) bond motifs is 1. The topological polar surface area (TPSA) is 55.1 Å². The molecule has 4 nitrogen and oxygen atoms in total. The first kappa shape index (κ1) is 17.0. The largest absolute Gasteiger partial charge is 0.436 e. The van der Waals surface area contributed by atoms with E-state index in [1.165, 1.54) is 0 Å². The van der Waals surface area contributed by atoms with Crippen molar-refractivity contribution in [2.24, 2.45) is 0 Å². The highest BCUT2D eigenvalue weighted by Gasteiger charge is 2.12. The third kappa shape index (κ3) is 3.43. The minimum atomic E-state index is -0.187. The molecule has 4 aromatic rings. The second-order valence-corrected chi connectivity index (χ2v) is 7.42. The number of benzene rings is 3. The molecule has 6 heteroatoms. The van der Waals surface area contributed by atoms with Crippen LogP contribution >= 0.6 is 31.9 Å². The Labute approximate surface area is 166 Å². The van der Waals surface area contributed by atoms with Crippen LogP contribution in [0.3, 0.4) is 0 Å². The summed E-state index contributed by atoms with van der Waals surface area (Å²) in [6.07, 6.45) is 0. The Balaban J connectivity index is 1.64. The van der Waals surface area contributed by atoms with Crippen molar-refractivity contribution in [1.29, 1.82) is 0 Å². The lowest BCUT2D eigenvalue weighted by Gasteiger charge is -2.06. The van der Waals surface area contributed by atoms with Crippen molar-refractivity contribution in [2.75, 3.05) is 5.32 Å². The average molecular weight is 472 g/mol. The van der Waals surface area contributed by atoms with Crippen LogP contribution in [0.15, 0.2) is 80.1 Å². The summed E-state index contributed by atoms with van der Waals surface area (Å²) in [5.41, 5.74) is 3.47. The summed E-state index contributed by atoms with van der Waals surface area (Å²) >= 11 is 6.84. The molecule has 0 radical (unpaired) electrons. The third-order valence-electron chi connectivity index (χ3n) is 3.84. The summed E-state index contributed by atoms with van der Waals surface area (Å²) < 4.78 is 7.52. The summed E-state index contributed by atoms with van der Waals surface area (Å²) in [6.45, 7) is 0. The van der Waals surface area contributed by atoms with Crippen molar-refractivity contribution in [1.82, 2.24) is 4.98 Å². The molecule has 1 N–H and O–H groups in total. The first-order chi connectivity index (χ1) is 12.6. The lowest BCUT2D eigenvalue weighted by molar-refractivity contribution is 0.102. The standard InChI is InChI=1S/C20H12Br2N2O2/c21-13-5-3-4-12(10-13)20-24-17-11-14(8-9-18(17)26-20)23-19(25)15-6-1-2-7-16(15)22/h1-11H,(H,23,25). The Morgan fingerprint density at radius 3 is 2.62 bits per heavy atom. The Morgan fingerprint density at radius 1 is 0.962 bits per heavy atom. The van der Waals surface area contributed by atoms with Crippen LogP contribution in [-0.4, -0.2) is 10.9 Å². The fourth-order valence-electron chi connectivity index (χ4n) is 2.59. The number of amides is 1. The number of oxazole rings is 1. The van der Waals surface area contributed by atoms with Gasteiger partial charge in [0.05, 0.1) is 5.56 Å². The summed E-state index contributed by atoms with van der Waals surface area (Å²) in [5.74, 6) is 0.350. The number of aromatic nitrogens is 1. The van der Waals surface area contributed by atoms with Gasteiger partial charge in [-0.3, -0.25) is 4.79 Å². The molecule has 0 saturated heterocycles. The summed E-state index contributed by atoms with van der Waals surface area (Å²) in [4.78, 5) is 17.0. The molecular weight excluding hydrogens is 460 g/mol. The van der Waals surface area contributed by atoms with Gasteiger partial charge < -0.3 is 9.73 Å². The van der Waals surface area contributed by atoms with Crippen LogP contribution in [0.4, 0.5) is 5.69 Å². The number of carbonyl (C=O) groups excluding carboxylic acids is 1. The molecule has 0 unspecified atom stereocenters. The molecule has 0 saturated carbocycles. The first-order valence-electron chi connectivity index (χ1n) is 7.82. The molecule has 4 rings (SSSR count). The SMILES string of the molecule is O=C(Nc1ccc2oc(-c3cccc(Br)c3)nc2c1)c1ccccc1Br. The number of rotatable bonds is 3. The van der Waals surface area contributed by atoms with Gasteiger partial charge in [0.15, 0.2) is 5.58 Å². The molecule has 0 atom stereocenters. The van der Waals surface area contributed by atoms with E-state index in [-0.39, 0.29) is 5.91 Å². The first-order valence-corrected chi connectivity index (χ1v) is 9.41. The van der Waals surface area contributed by atoms with E-state index in [0.29, 0.717) is 28.2 Å². The molecule has 26 heavy (non-hydrogen) atoms. The molecule has 0 fully saturated rings. The summed E-state index contributed by atoms with van der Waals surface area (Å²) in [5, 5.41) is 2.89. The van der Waals surface area contributed by atoms with Crippen LogP contribution in [0.25, 0.3) is 22.6 Å². The van der Waals surface area contributed by atoms with E-state index >= 15 is 0 Å². The third-order valence-corrected chi connectivity index (χ3v) is 5.02. The number of hydrogen-bond donors (Lipinski definition) is 1. The lowest BCUT2D eigenvalue weighted by atomic mass is 10.2. The van der Waals surface area contributed by atoms with E-state index in [0.717, 1.165) is 14.5 Å². The predicted octanol–water partition coefficient (Wildman–Crippen LogP) is 6.27. The summed E-state index contributed by atoms with van der Waals surface area (Å²) in [6, 6.07) is 20.4. The van der Waals surface area contributed by atoms with Crippen LogP contribution < -0.4 is 5.32 Å². The molecule has 1 heterocycles.